The predicted octanol–water partition coefficient (Wildman–Crippen LogP) is 2.00. The number of nitrogens with zero attached hydrogens (tertiary/aromatic N) is 1. The van der Waals surface area contributed by atoms with Gasteiger partial charge in [-0.15, -0.1) is 0 Å². The molecule has 0 aromatic heterocycles. The Balaban J connectivity index is 1.59. The van der Waals surface area contributed by atoms with Gasteiger partial charge in [-0.3, -0.25) is 0 Å². The molecule has 1 saturated heterocycles. The van der Waals surface area contributed by atoms with Gasteiger partial charge in [-0.05, 0) is 52.2 Å². The molecule has 3 nitrogen and oxygen atoms in total. The highest BCUT2D eigenvalue weighted by Crippen LogP contribution is 2.40. The Morgan fingerprint density at radius 3 is 2.72 bits per heavy atom. The second-order valence-corrected chi connectivity index (χ2v) is 6.81. The van der Waals surface area contributed by atoms with Crippen molar-refractivity contribution in [1.82, 2.24) is 10.2 Å². The first-order valence-corrected chi connectivity index (χ1v) is 7.67. The topological polar surface area (TPSA) is 35.5 Å². The molecule has 0 bridgehead atoms. The van der Waals surface area contributed by atoms with Gasteiger partial charge in [-0.1, -0.05) is 20.3 Å². The van der Waals surface area contributed by atoms with Crippen molar-refractivity contribution in [3.8, 4) is 0 Å². The van der Waals surface area contributed by atoms with Crippen LogP contribution in [-0.4, -0.2) is 47.8 Å². The lowest BCUT2D eigenvalue weighted by Crippen LogP contribution is -2.60. The fourth-order valence-corrected chi connectivity index (χ4v) is 3.30. The average Bonchev–Trinajstić information content (AvgIpc) is 2.35. The summed E-state index contributed by atoms with van der Waals surface area (Å²) in [6, 6.07) is 1.28. The van der Waals surface area contributed by atoms with Crippen LogP contribution in [0.5, 0.6) is 0 Å². The van der Waals surface area contributed by atoms with E-state index in [1.54, 1.807) is 0 Å². The van der Waals surface area contributed by atoms with E-state index in [2.05, 4.69) is 31.0 Å². The first kappa shape index (κ1) is 14.3. The Hall–Kier alpha value is -0.120. The fraction of sp³-hybridized carbons (Fsp3) is 1.00. The Morgan fingerprint density at radius 1 is 1.33 bits per heavy atom. The molecule has 0 aromatic carbocycles. The summed E-state index contributed by atoms with van der Waals surface area (Å²) in [5.41, 5.74) is 0.0679. The standard InChI is InChI=1S/C15H30N2O/c1-12-7-4-5-9-17(12)10-6-8-16-13-11-14(18)15(13,2)3/h12-14,16,18H,4-11H2,1-3H3. The van der Waals surface area contributed by atoms with Crippen LogP contribution < -0.4 is 5.32 Å². The molecule has 1 aliphatic heterocycles. The fourth-order valence-electron chi connectivity index (χ4n) is 3.30. The second-order valence-electron chi connectivity index (χ2n) is 6.81. The third-order valence-corrected chi connectivity index (χ3v) is 5.17. The van der Waals surface area contributed by atoms with Gasteiger partial charge in [-0.25, -0.2) is 0 Å². The maximum Gasteiger partial charge on any atom is 0.0621 e. The average molecular weight is 254 g/mol. The molecule has 18 heavy (non-hydrogen) atoms. The number of hydrogen-bond donors (Lipinski definition) is 2. The quantitative estimate of drug-likeness (QED) is 0.737. The zero-order chi connectivity index (χ0) is 13.2. The summed E-state index contributed by atoms with van der Waals surface area (Å²) in [7, 11) is 0. The van der Waals surface area contributed by atoms with E-state index in [0.717, 1.165) is 19.0 Å². The Kier molecular flexibility index (Phi) is 4.68. The zero-order valence-corrected chi connectivity index (χ0v) is 12.3. The highest BCUT2D eigenvalue weighted by Gasteiger charge is 2.46. The van der Waals surface area contributed by atoms with Crippen LogP contribution in [0.25, 0.3) is 0 Å². The SMILES string of the molecule is CC1CCCCN1CCCNC1CC(O)C1(C)C. The highest BCUT2D eigenvalue weighted by atomic mass is 16.3. The van der Waals surface area contributed by atoms with Gasteiger partial charge in [0, 0.05) is 17.5 Å². The second kappa shape index (κ2) is 5.89. The minimum absolute atomic E-state index is 0.0679. The number of aliphatic hydroxyl groups excluding tert-OH is 1. The van der Waals surface area contributed by atoms with E-state index >= 15 is 0 Å². The molecular formula is C15H30N2O. The van der Waals surface area contributed by atoms with Gasteiger partial charge in [0.25, 0.3) is 0 Å². The minimum atomic E-state index is -0.114. The Labute approximate surface area is 112 Å². The molecule has 3 unspecified atom stereocenters. The van der Waals surface area contributed by atoms with E-state index in [1.165, 1.54) is 38.8 Å². The normalized spacial score (nSPS) is 36.3. The summed E-state index contributed by atoms with van der Waals surface area (Å²) in [6.07, 6.45) is 6.19. The minimum Gasteiger partial charge on any atom is -0.392 e. The molecule has 3 heteroatoms. The molecule has 2 rings (SSSR count). The first-order valence-electron chi connectivity index (χ1n) is 7.67. The van der Waals surface area contributed by atoms with Gasteiger partial charge in [0.1, 0.15) is 0 Å². The number of nitrogens with one attached hydrogen (secondary N) is 1. The summed E-state index contributed by atoms with van der Waals surface area (Å²) in [5, 5.41) is 13.3. The van der Waals surface area contributed by atoms with Crippen LogP contribution >= 0.6 is 0 Å². The van der Waals surface area contributed by atoms with Crippen molar-refractivity contribution < 1.29 is 5.11 Å². The summed E-state index contributed by atoms with van der Waals surface area (Å²) in [4.78, 5) is 2.63. The van der Waals surface area contributed by atoms with E-state index in [4.69, 9.17) is 0 Å². The van der Waals surface area contributed by atoms with Crippen molar-refractivity contribution in [2.45, 2.75) is 71.1 Å². The Bertz CT molecular complexity index is 261. The molecule has 0 aromatic rings. The molecule has 0 radical (unpaired) electrons. The van der Waals surface area contributed by atoms with Gasteiger partial charge in [0.05, 0.1) is 6.10 Å². The smallest absolute Gasteiger partial charge is 0.0621 e. The lowest BCUT2D eigenvalue weighted by molar-refractivity contribution is -0.0724. The van der Waals surface area contributed by atoms with Gasteiger partial charge in [-0.2, -0.15) is 0 Å². The molecule has 1 heterocycles. The molecule has 1 aliphatic carbocycles. The largest absolute Gasteiger partial charge is 0.392 e. The first-order chi connectivity index (χ1) is 8.51. The van der Waals surface area contributed by atoms with E-state index in [-0.39, 0.29) is 11.5 Å². The van der Waals surface area contributed by atoms with E-state index in [9.17, 15) is 5.11 Å². The van der Waals surface area contributed by atoms with E-state index in [1.807, 2.05) is 0 Å². The van der Waals surface area contributed by atoms with Crippen molar-refractivity contribution in [3.05, 3.63) is 0 Å². The van der Waals surface area contributed by atoms with E-state index < -0.39 is 0 Å². The summed E-state index contributed by atoms with van der Waals surface area (Å²) in [5.74, 6) is 0. The predicted molar refractivity (Wildman–Crippen MR) is 75.7 cm³/mol. The maximum atomic E-state index is 9.69. The van der Waals surface area contributed by atoms with Crippen LogP contribution in [0.1, 0.15) is 52.9 Å². The molecule has 2 fully saturated rings. The van der Waals surface area contributed by atoms with Crippen molar-refractivity contribution in [2.75, 3.05) is 19.6 Å². The van der Waals surface area contributed by atoms with Gasteiger partial charge in [0.15, 0.2) is 0 Å². The number of aliphatic hydroxyl groups is 1. The van der Waals surface area contributed by atoms with Crippen LogP contribution in [0, 0.1) is 5.41 Å². The molecular weight excluding hydrogens is 224 g/mol. The number of piperidine rings is 1. The molecule has 0 amide bonds. The molecule has 2 aliphatic rings. The highest BCUT2D eigenvalue weighted by molar-refractivity contribution is 5.01. The van der Waals surface area contributed by atoms with E-state index in [0.29, 0.717) is 6.04 Å². The number of rotatable bonds is 5. The third-order valence-electron chi connectivity index (χ3n) is 5.17. The molecule has 2 N–H and O–H groups in total. The summed E-state index contributed by atoms with van der Waals surface area (Å²) in [6.45, 7) is 10.3. The van der Waals surface area contributed by atoms with Crippen LogP contribution in [0.3, 0.4) is 0 Å². The van der Waals surface area contributed by atoms with Gasteiger partial charge >= 0.3 is 0 Å². The van der Waals surface area contributed by atoms with Crippen molar-refractivity contribution >= 4 is 0 Å². The number of hydrogen-bond acceptors (Lipinski definition) is 3. The molecule has 106 valence electrons. The summed E-state index contributed by atoms with van der Waals surface area (Å²) < 4.78 is 0. The molecule has 3 atom stereocenters. The van der Waals surface area contributed by atoms with Gasteiger partial charge in [0.2, 0.25) is 0 Å². The lowest BCUT2D eigenvalue weighted by atomic mass is 9.64. The van der Waals surface area contributed by atoms with Crippen LogP contribution in [0.2, 0.25) is 0 Å². The monoisotopic (exact) mass is 254 g/mol. The third kappa shape index (κ3) is 3.06. The molecule has 0 spiro atoms. The maximum absolute atomic E-state index is 9.69. The zero-order valence-electron chi connectivity index (χ0n) is 12.3. The van der Waals surface area contributed by atoms with Crippen molar-refractivity contribution in [3.63, 3.8) is 0 Å². The van der Waals surface area contributed by atoms with Crippen LogP contribution in [0.4, 0.5) is 0 Å². The van der Waals surface area contributed by atoms with Crippen molar-refractivity contribution in [1.29, 1.82) is 0 Å². The lowest BCUT2D eigenvalue weighted by Gasteiger charge is -2.49. The van der Waals surface area contributed by atoms with Crippen molar-refractivity contribution in [2.24, 2.45) is 5.41 Å². The summed E-state index contributed by atoms with van der Waals surface area (Å²) >= 11 is 0. The van der Waals surface area contributed by atoms with Gasteiger partial charge < -0.3 is 15.3 Å². The molecule has 1 saturated carbocycles. The van der Waals surface area contributed by atoms with Crippen LogP contribution in [0.15, 0.2) is 0 Å². The number of likely N-dealkylation sites (tertiary alicyclic amines) is 1. The van der Waals surface area contributed by atoms with Crippen LogP contribution in [-0.2, 0) is 0 Å². The Morgan fingerprint density at radius 2 is 2.11 bits per heavy atom.